The molecule has 2 rings (SSSR count). The van der Waals surface area contributed by atoms with Crippen molar-refractivity contribution in [3.63, 3.8) is 0 Å². The summed E-state index contributed by atoms with van der Waals surface area (Å²) in [7, 11) is 0. The van der Waals surface area contributed by atoms with Gasteiger partial charge in [0.25, 0.3) is 0 Å². The normalized spacial score (nSPS) is 10.2. The number of hydrogen-bond acceptors (Lipinski definition) is 2. The molecule has 0 spiro atoms. The topological polar surface area (TPSA) is 24.1 Å². The van der Waals surface area contributed by atoms with Crippen LogP contribution in [0.5, 0.6) is 0 Å². The molecule has 88 valence electrons. The fourth-order valence-corrected chi connectivity index (χ4v) is 1.85. The lowest BCUT2D eigenvalue weighted by molar-refractivity contribution is 0.796. The average Bonchev–Trinajstić information content (AvgIpc) is 2.33. The predicted molar refractivity (Wildman–Crippen MR) is 73.1 cm³/mol. The minimum Gasteiger partial charge on any atom is -0.321 e. The third-order valence-electron chi connectivity index (χ3n) is 2.59. The summed E-state index contributed by atoms with van der Waals surface area (Å²) < 4.78 is 0. The number of nitrogens with one attached hydrogen (secondary N) is 2. The molecule has 2 nitrogen and oxygen atoms in total. The van der Waals surface area contributed by atoms with Crippen LogP contribution in [0.25, 0.3) is 0 Å². The number of rotatable bonds is 4. The van der Waals surface area contributed by atoms with E-state index in [2.05, 4.69) is 17.8 Å². The molecule has 2 aromatic carbocycles. The van der Waals surface area contributed by atoms with Gasteiger partial charge in [-0.25, -0.2) is 5.43 Å². The molecule has 0 radical (unpaired) electrons. The molecule has 0 heterocycles. The first-order chi connectivity index (χ1) is 8.25. The highest BCUT2D eigenvalue weighted by Crippen LogP contribution is 2.15. The maximum absolute atomic E-state index is 5.91. The van der Waals surface area contributed by atoms with Crippen LogP contribution in [0.15, 0.2) is 48.5 Å². The van der Waals surface area contributed by atoms with Crippen molar-refractivity contribution in [1.29, 1.82) is 0 Å². The van der Waals surface area contributed by atoms with Crippen LogP contribution < -0.4 is 10.9 Å². The quantitative estimate of drug-likeness (QED) is 0.803. The Morgan fingerprint density at radius 1 is 1.06 bits per heavy atom. The maximum atomic E-state index is 5.91. The van der Waals surface area contributed by atoms with Crippen molar-refractivity contribution >= 4 is 17.3 Å². The molecular formula is C14H15ClN2. The summed E-state index contributed by atoms with van der Waals surface area (Å²) in [5.74, 6) is 0. The van der Waals surface area contributed by atoms with Crippen LogP contribution in [0, 0.1) is 6.92 Å². The number of benzene rings is 2. The molecular weight excluding hydrogens is 232 g/mol. The molecule has 0 atom stereocenters. The maximum Gasteiger partial charge on any atom is 0.0487 e. The number of aryl methyl sites for hydroxylation is 1. The summed E-state index contributed by atoms with van der Waals surface area (Å²) in [6.45, 7) is 2.82. The van der Waals surface area contributed by atoms with E-state index in [0.717, 1.165) is 17.3 Å². The Bertz CT molecular complexity index is 483. The molecule has 0 aliphatic heterocycles. The van der Waals surface area contributed by atoms with Gasteiger partial charge in [0.2, 0.25) is 0 Å². The van der Waals surface area contributed by atoms with Crippen LogP contribution in [0.4, 0.5) is 5.69 Å². The van der Waals surface area contributed by atoms with E-state index < -0.39 is 0 Å². The summed E-state index contributed by atoms with van der Waals surface area (Å²) in [4.78, 5) is 0. The molecule has 0 aliphatic rings. The first-order valence-electron chi connectivity index (χ1n) is 5.54. The van der Waals surface area contributed by atoms with E-state index in [1.165, 1.54) is 11.1 Å². The van der Waals surface area contributed by atoms with Gasteiger partial charge in [-0.1, -0.05) is 35.9 Å². The van der Waals surface area contributed by atoms with Gasteiger partial charge in [0.15, 0.2) is 0 Å². The lowest BCUT2D eigenvalue weighted by Gasteiger charge is -2.10. The first kappa shape index (κ1) is 12.0. The van der Waals surface area contributed by atoms with E-state index in [4.69, 9.17) is 11.6 Å². The Morgan fingerprint density at radius 3 is 2.53 bits per heavy atom. The highest BCUT2D eigenvalue weighted by Gasteiger charge is 1.98. The molecule has 17 heavy (non-hydrogen) atoms. The van der Waals surface area contributed by atoms with Gasteiger partial charge < -0.3 is 5.43 Å². The van der Waals surface area contributed by atoms with Crippen LogP contribution in [0.3, 0.4) is 0 Å². The lowest BCUT2D eigenvalue weighted by atomic mass is 10.1. The van der Waals surface area contributed by atoms with E-state index in [0.29, 0.717) is 0 Å². The Balaban J connectivity index is 1.90. The van der Waals surface area contributed by atoms with Crippen molar-refractivity contribution in [3.05, 3.63) is 64.7 Å². The number of hydrogen-bond donors (Lipinski definition) is 2. The Labute approximate surface area is 107 Å². The standard InChI is InChI=1S/C14H15ClN2/c1-11-9-13(15)8-7-12(11)10-16-17-14-5-3-2-4-6-14/h2-9,16-17H,10H2,1H3. The van der Waals surface area contributed by atoms with Crippen LogP contribution in [0.1, 0.15) is 11.1 Å². The van der Waals surface area contributed by atoms with Crippen LogP contribution >= 0.6 is 11.6 Å². The largest absolute Gasteiger partial charge is 0.321 e. The van der Waals surface area contributed by atoms with Gasteiger partial charge in [-0.05, 0) is 42.3 Å². The van der Waals surface area contributed by atoms with Gasteiger partial charge in [0.05, 0.1) is 0 Å². The monoisotopic (exact) mass is 246 g/mol. The smallest absolute Gasteiger partial charge is 0.0487 e. The van der Waals surface area contributed by atoms with Crippen LogP contribution in [-0.2, 0) is 6.54 Å². The van der Waals surface area contributed by atoms with Crippen molar-refractivity contribution in [3.8, 4) is 0 Å². The van der Waals surface area contributed by atoms with E-state index in [-0.39, 0.29) is 0 Å². The summed E-state index contributed by atoms with van der Waals surface area (Å²) >= 11 is 5.91. The number of hydrazine groups is 1. The van der Waals surface area contributed by atoms with Gasteiger partial charge in [0.1, 0.15) is 0 Å². The number of halogens is 1. The van der Waals surface area contributed by atoms with Gasteiger partial charge in [0, 0.05) is 17.3 Å². The zero-order chi connectivity index (χ0) is 12.1. The summed E-state index contributed by atoms with van der Waals surface area (Å²) in [5, 5.41) is 0.780. The van der Waals surface area contributed by atoms with Gasteiger partial charge in [-0.15, -0.1) is 0 Å². The van der Waals surface area contributed by atoms with E-state index >= 15 is 0 Å². The molecule has 3 heteroatoms. The van der Waals surface area contributed by atoms with Gasteiger partial charge in [-0.3, -0.25) is 0 Å². The first-order valence-corrected chi connectivity index (χ1v) is 5.92. The summed E-state index contributed by atoms with van der Waals surface area (Å²) in [5.41, 5.74) is 9.82. The fraction of sp³-hybridized carbons (Fsp3) is 0.143. The molecule has 2 N–H and O–H groups in total. The summed E-state index contributed by atoms with van der Waals surface area (Å²) in [6.07, 6.45) is 0. The molecule has 0 bridgehead atoms. The molecule has 0 aromatic heterocycles. The predicted octanol–water partition coefficient (Wildman–Crippen LogP) is 3.77. The van der Waals surface area contributed by atoms with Crippen molar-refractivity contribution in [2.45, 2.75) is 13.5 Å². The third kappa shape index (κ3) is 3.48. The second kappa shape index (κ2) is 5.71. The van der Waals surface area contributed by atoms with Crippen molar-refractivity contribution in [1.82, 2.24) is 5.43 Å². The van der Waals surface area contributed by atoms with E-state index in [9.17, 15) is 0 Å². The Morgan fingerprint density at radius 2 is 1.82 bits per heavy atom. The second-order valence-corrected chi connectivity index (χ2v) is 4.35. The minimum absolute atomic E-state index is 0.762. The Kier molecular flexibility index (Phi) is 4.02. The molecule has 0 aliphatic carbocycles. The summed E-state index contributed by atoms with van der Waals surface area (Å²) in [6, 6.07) is 15.9. The highest BCUT2D eigenvalue weighted by molar-refractivity contribution is 6.30. The number of anilines is 1. The van der Waals surface area contributed by atoms with Crippen LogP contribution in [0.2, 0.25) is 5.02 Å². The van der Waals surface area contributed by atoms with Gasteiger partial charge in [-0.2, -0.15) is 0 Å². The van der Waals surface area contributed by atoms with Crippen LogP contribution in [-0.4, -0.2) is 0 Å². The van der Waals surface area contributed by atoms with Crippen molar-refractivity contribution in [2.24, 2.45) is 0 Å². The average molecular weight is 247 g/mol. The lowest BCUT2D eigenvalue weighted by Crippen LogP contribution is -2.21. The highest BCUT2D eigenvalue weighted by atomic mass is 35.5. The zero-order valence-corrected chi connectivity index (χ0v) is 10.5. The molecule has 2 aromatic rings. The molecule has 0 saturated heterocycles. The van der Waals surface area contributed by atoms with E-state index in [1.54, 1.807) is 0 Å². The van der Waals surface area contributed by atoms with Gasteiger partial charge >= 0.3 is 0 Å². The molecule has 0 fully saturated rings. The second-order valence-electron chi connectivity index (χ2n) is 3.92. The number of para-hydroxylation sites is 1. The van der Waals surface area contributed by atoms with Crippen molar-refractivity contribution in [2.75, 3.05) is 5.43 Å². The van der Waals surface area contributed by atoms with Crippen molar-refractivity contribution < 1.29 is 0 Å². The molecule has 0 saturated carbocycles. The zero-order valence-electron chi connectivity index (χ0n) is 9.70. The fourth-order valence-electron chi connectivity index (χ4n) is 1.62. The molecule has 0 unspecified atom stereocenters. The van der Waals surface area contributed by atoms with E-state index in [1.807, 2.05) is 48.5 Å². The third-order valence-corrected chi connectivity index (χ3v) is 2.83. The minimum atomic E-state index is 0.762. The Hall–Kier alpha value is -1.51. The SMILES string of the molecule is Cc1cc(Cl)ccc1CNNc1ccccc1. The molecule has 0 amide bonds.